The van der Waals surface area contributed by atoms with Gasteiger partial charge in [-0.2, -0.15) is 5.26 Å². The van der Waals surface area contributed by atoms with Gasteiger partial charge >= 0.3 is 0 Å². The Hall–Kier alpha value is -2.31. The largest absolute Gasteiger partial charge is 0.497 e. The van der Waals surface area contributed by atoms with Gasteiger partial charge in [-0.25, -0.2) is 0 Å². The van der Waals surface area contributed by atoms with Crippen molar-refractivity contribution in [3.8, 4) is 11.8 Å². The molecule has 0 aliphatic heterocycles. The van der Waals surface area contributed by atoms with E-state index in [9.17, 15) is 10.1 Å². The van der Waals surface area contributed by atoms with Gasteiger partial charge in [-0.05, 0) is 25.0 Å². The summed E-state index contributed by atoms with van der Waals surface area (Å²) in [4.78, 5) is 12.3. The average molecular weight is 404 g/mol. The van der Waals surface area contributed by atoms with Gasteiger partial charge in [0.15, 0.2) is 4.34 Å². The molecular formula is C18H21N5O2S2. The van der Waals surface area contributed by atoms with Crippen molar-refractivity contribution in [2.45, 2.75) is 42.0 Å². The Morgan fingerprint density at radius 2 is 2.19 bits per heavy atom. The van der Waals surface area contributed by atoms with Crippen LogP contribution in [0.5, 0.6) is 5.75 Å². The minimum atomic E-state index is -0.698. The summed E-state index contributed by atoms with van der Waals surface area (Å²) in [6.45, 7) is 0. The molecule has 9 heteroatoms. The van der Waals surface area contributed by atoms with E-state index in [1.54, 1.807) is 7.11 Å². The van der Waals surface area contributed by atoms with Crippen LogP contribution < -0.4 is 15.4 Å². The number of thioether (sulfide) groups is 1. The van der Waals surface area contributed by atoms with E-state index in [2.05, 4.69) is 26.9 Å². The molecule has 0 bridgehead atoms. The summed E-state index contributed by atoms with van der Waals surface area (Å²) >= 11 is 2.70. The van der Waals surface area contributed by atoms with Crippen molar-refractivity contribution in [1.82, 2.24) is 15.5 Å². The lowest BCUT2D eigenvalue weighted by Gasteiger charge is -2.31. The molecule has 1 aromatic carbocycles. The van der Waals surface area contributed by atoms with Gasteiger partial charge < -0.3 is 15.4 Å². The van der Waals surface area contributed by atoms with E-state index < -0.39 is 5.54 Å². The van der Waals surface area contributed by atoms with Crippen molar-refractivity contribution in [1.29, 1.82) is 5.26 Å². The maximum atomic E-state index is 12.3. The zero-order valence-corrected chi connectivity index (χ0v) is 16.7. The third kappa shape index (κ3) is 5.34. The molecule has 2 N–H and O–H groups in total. The molecule has 1 aliphatic carbocycles. The Morgan fingerprint density at radius 3 is 2.93 bits per heavy atom. The van der Waals surface area contributed by atoms with Crippen molar-refractivity contribution >= 4 is 39.8 Å². The standard InChI is InChI=1S/C18H21N5O2S2/c1-25-14-7-5-6-13(10-14)20-16-22-23-17(27-16)26-11-15(24)21-18(12-19)8-3-2-4-9-18/h5-7,10H,2-4,8-9,11H2,1H3,(H,20,22)(H,21,24). The topological polar surface area (TPSA) is 99.9 Å². The summed E-state index contributed by atoms with van der Waals surface area (Å²) in [7, 11) is 1.62. The van der Waals surface area contributed by atoms with E-state index in [0.29, 0.717) is 9.47 Å². The highest BCUT2D eigenvalue weighted by Crippen LogP contribution is 2.30. The average Bonchev–Trinajstić information content (AvgIpc) is 3.14. The van der Waals surface area contributed by atoms with Gasteiger partial charge in [0.1, 0.15) is 11.3 Å². The summed E-state index contributed by atoms with van der Waals surface area (Å²) < 4.78 is 5.90. The quantitative estimate of drug-likeness (QED) is 0.680. The Labute approximate surface area is 166 Å². The number of nitrogens with one attached hydrogen (secondary N) is 2. The molecule has 1 heterocycles. The molecular weight excluding hydrogens is 382 g/mol. The molecule has 0 atom stereocenters. The minimum absolute atomic E-state index is 0.138. The molecule has 1 fully saturated rings. The van der Waals surface area contributed by atoms with Crippen LogP contribution in [0.15, 0.2) is 28.6 Å². The number of benzene rings is 1. The molecule has 7 nitrogen and oxygen atoms in total. The number of nitriles is 1. The number of carbonyl (C=O) groups is 1. The number of hydrogen-bond acceptors (Lipinski definition) is 8. The molecule has 1 saturated carbocycles. The number of rotatable bonds is 7. The van der Waals surface area contributed by atoms with Gasteiger partial charge in [0.05, 0.1) is 18.9 Å². The predicted octanol–water partition coefficient (Wildman–Crippen LogP) is 3.73. The fraction of sp³-hybridized carbons (Fsp3) is 0.444. The maximum absolute atomic E-state index is 12.3. The highest BCUT2D eigenvalue weighted by atomic mass is 32.2. The maximum Gasteiger partial charge on any atom is 0.231 e. The van der Waals surface area contributed by atoms with E-state index in [4.69, 9.17) is 4.74 Å². The molecule has 1 aliphatic rings. The minimum Gasteiger partial charge on any atom is -0.497 e. The summed E-state index contributed by atoms with van der Waals surface area (Å²) in [6.07, 6.45) is 4.55. The normalized spacial score (nSPS) is 15.6. The van der Waals surface area contributed by atoms with Crippen molar-refractivity contribution in [3.63, 3.8) is 0 Å². The van der Waals surface area contributed by atoms with E-state index in [1.165, 1.54) is 23.1 Å². The molecule has 0 spiro atoms. The summed E-state index contributed by atoms with van der Waals surface area (Å²) in [5, 5.41) is 24.4. The number of carbonyl (C=O) groups excluding carboxylic acids is 1. The second-order valence-electron chi connectivity index (χ2n) is 6.32. The molecule has 0 radical (unpaired) electrons. The molecule has 0 unspecified atom stereocenters. The number of ether oxygens (including phenoxy) is 1. The third-order valence-electron chi connectivity index (χ3n) is 4.35. The molecule has 1 aromatic heterocycles. The van der Waals surface area contributed by atoms with E-state index >= 15 is 0 Å². The van der Waals surface area contributed by atoms with Gasteiger partial charge in [0, 0.05) is 11.8 Å². The first-order valence-electron chi connectivity index (χ1n) is 8.72. The van der Waals surface area contributed by atoms with E-state index in [0.717, 1.165) is 43.5 Å². The zero-order valence-electron chi connectivity index (χ0n) is 15.0. The lowest BCUT2D eigenvalue weighted by atomic mass is 9.83. The van der Waals surface area contributed by atoms with Gasteiger partial charge in [0.2, 0.25) is 11.0 Å². The molecule has 0 saturated heterocycles. The Balaban J connectivity index is 1.51. The molecule has 3 rings (SSSR count). The van der Waals surface area contributed by atoms with Crippen LogP contribution in [0, 0.1) is 11.3 Å². The van der Waals surface area contributed by atoms with Crippen molar-refractivity contribution in [2.24, 2.45) is 0 Å². The van der Waals surface area contributed by atoms with Crippen LogP contribution >= 0.6 is 23.1 Å². The first kappa shape index (κ1) is 19.5. The van der Waals surface area contributed by atoms with Crippen LogP contribution in [-0.2, 0) is 4.79 Å². The third-order valence-corrected chi connectivity index (χ3v) is 6.33. The number of aromatic nitrogens is 2. The van der Waals surface area contributed by atoms with Gasteiger partial charge in [-0.15, -0.1) is 10.2 Å². The fourth-order valence-corrected chi connectivity index (χ4v) is 4.57. The lowest BCUT2D eigenvalue weighted by Crippen LogP contribution is -2.49. The first-order chi connectivity index (χ1) is 13.1. The van der Waals surface area contributed by atoms with Crippen LogP contribution in [0.4, 0.5) is 10.8 Å². The van der Waals surface area contributed by atoms with Crippen LogP contribution in [0.2, 0.25) is 0 Å². The van der Waals surface area contributed by atoms with Gasteiger partial charge in [-0.1, -0.05) is 48.4 Å². The Morgan fingerprint density at radius 1 is 1.37 bits per heavy atom. The second-order valence-corrected chi connectivity index (χ2v) is 8.52. The van der Waals surface area contributed by atoms with Crippen LogP contribution in [0.25, 0.3) is 0 Å². The molecule has 142 valence electrons. The number of anilines is 2. The number of methoxy groups -OCH3 is 1. The van der Waals surface area contributed by atoms with Crippen LogP contribution in [0.3, 0.4) is 0 Å². The van der Waals surface area contributed by atoms with Crippen molar-refractivity contribution < 1.29 is 9.53 Å². The van der Waals surface area contributed by atoms with Gasteiger partial charge in [-0.3, -0.25) is 4.79 Å². The fourth-order valence-electron chi connectivity index (χ4n) is 2.99. The molecule has 27 heavy (non-hydrogen) atoms. The SMILES string of the molecule is COc1cccc(Nc2nnc(SCC(=O)NC3(C#N)CCCCC3)s2)c1. The number of amides is 1. The Bertz CT molecular complexity index is 827. The highest BCUT2D eigenvalue weighted by Gasteiger charge is 2.33. The summed E-state index contributed by atoms with van der Waals surface area (Å²) in [5.41, 5.74) is 0.156. The molecule has 1 amide bonds. The van der Waals surface area contributed by atoms with Crippen molar-refractivity contribution in [2.75, 3.05) is 18.2 Å². The van der Waals surface area contributed by atoms with Crippen LogP contribution in [-0.4, -0.2) is 34.5 Å². The van der Waals surface area contributed by atoms with Crippen molar-refractivity contribution in [3.05, 3.63) is 24.3 Å². The monoisotopic (exact) mass is 403 g/mol. The van der Waals surface area contributed by atoms with Crippen LogP contribution in [0.1, 0.15) is 32.1 Å². The smallest absolute Gasteiger partial charge is 0.231 e. The van der Waals surface area contributed by atoms with E-state index in [-0.39, 0.29) is 11.7 Å². The first-order valence-corrected chi connectivity index (χ1v) is 10.5. The summed E-state index contributed by atoms with van der Waals surface area (Å²) in [6, 6.07) is 9.84. The van der Waals surface area contributed by atoms with Gasteiger partial charge in [0.25, 0.3) is 0 Å². The second kappa shape index (κ2) is 9.06. The summed E-state index contributed by atoms with van der Waals surface area (Å²) in [5.74, 6) is 0.836. The number of hydrogen-bond donors (Lipinski definition) is 2. The Kier molecular flexibility index (Phi) is 6.53. The van der Waals surface area contributed by atoms with E-state index in [1.807, 2.05) is 24.3 Å². The predicted molar refractivity (Wildman–Crippen MR) is 106 cm³/mol. The molecule has 2 aromatic rings. The lowest BCUT2D eigenvalue weighted by molar-refractivity contribution is -0.120. The zero-order chi connectivity index (χ0) is 19.1. The highest BCUT2D eigenvalue weighted by molar-refractivity contribution is 8.01. The number of nitrogens with zero attached hydrogens (tertiary/aromatic N) is 3.